The van der Waals surface area contributed by atoms with Crippen molar-refractivity contribution in [2.24, 2.45) is 5.92 Å². The van der Waals surface area contributed by atoms with Crippen LogP contribution in [0.2, 0.25) is 0 Å². The monoisotopic (exact) mass is 265 g/mol. The minimum atomic E-state index is -1.26. The van der Waals surface area contributed by atoms with E-state index in [4.69, 9.17) is 4.74 Å². The molecule has 98 valence electrons. The number of carbonyl (C=O) groups is 3. The normalized spacial score (nSPS) is 20.4. The predicted octanol–water partition coefficient (Wildman–Crippen LogP) is 0.117. The molecule has 5 nitrogen and oxygen atoms in total. The molecule has 0 saturated carbocycles. The van der Waals surface area contributed by atoms with E-state index >= 15 is 0 Å². The van der Waals surface area contributed by atoms with E-state index in [-0.39, 0.29) is 53.9 Å². The molecule has 1 saturated heterocycles. The molecule has 0 bridgehead atoms. The maximum absolute atomic E-state index is 12.1. The van der Waals surface area contributed by atoms with Crippen LogP contribution in [0.15, 0.2) is 0 Å². The van der Waals surface area contributed by atoms with Gasteiger partial charge in [0, 0.05) is 18.5 Å². The minimum absolute atomic E-state index is 0. The van der Waals surface area contributed by atoms with Crippen LogP contribution in [0.25, 0.3) is 0 Å². The van der Waals surface area contributed by atoms with Crippen LogP contribution in [0.4, 0.5) is 0 Å². The molecule has 1 aliphatic heterocycles. The van der Waals surface area contributed by atoms with Crippen molar-refractivity contribution < 1.29 is 19.1 Å². The van der Waals surface area contributed by atoms with Crippen molar-refractivity contribution in [3.63, 3.8) is 0 Å². The molecule has 1 atom stereocenters. The van der Waals surface area contributed by atoms with Gasteiger partial charge in [-0.1, -0.05) is 0 Å². The molecule has 0 aromatic carbocycles. The zero-order valence-electron chi connectivity index (χ0n) is 10.8. The number of ether oxygens (including phenoxy) is 1. The van der Waals surface area contributed by atoms with Crippen LogP contribution in [-0.2, 0) is 19.1 Å². The van der Waals surface area contributed by atoms with Crippen molar-refractivity contribution in [3.8, 4) is 0 Å². The Labute approximate surface area is 130 Å². The summed E-state index contributed by atoms with van der Waals surface area (Å²) in [4.78, 5) is 36.9. The first-order valence-electron chi connectivity index (χ1n) is 5.80. The number of nitrogens with zero attached hydrogens (tertiary/aromatic N) is 1. The topological polar surface area (TPSA) is 63.7 Å². The first-order chi connectivity index (χ1) is 7.79. The molecule has 0 aliphatic carbocycles. The molecule has 0 radical (unpaired) electrons. The number of Topliss-reactive ketones (excluding diaryl/α,β-unsaturated/α-hetero) is 1. The third-order valence-electron chi connectivity index (χ3n) is 2.75. The summed E-state index contributed by atoms with van der Waals surface area (Å²) in [5.41, 5.74) is -0.386. The van der Waals surface area contributed by atoms with Gasteiger partial charge in [0.15, 0.2) is 11.7 Å². The SMILES string of the molecule is CCOC(=O)C1C(=O)CCN(C(C)(C)C)C1=O.[NaH]. The molecule has 0 N–H and O–H groups in total. The van der Waals surface area contributed by atoms with Crippen molar-refractivity contribution in [2.75, 3.05) is 13.2 Å². The van der Waals surface area contributed by atoms with E-state index in [0.29, 0.717) is 6.54 Å². The number of piperidine rings is 1. The number of hydrogen-bond acceptors (Lipinski definition) is 4. The molecule has 1 aliphatic rings. The summed E-state index contributed by atoms with van der Waals surface area (Å²) in [6, 6.07) is 0. The molecule has 18 heavy (non-hydrogen) atoms. The number of carbonyl (C=O) groups excluding carboxylic acids is 3. The number of amides is 1. The van der Waals surface area contributed by atoms with Crippen LogP contribution >= 0.6 is 0 Å². The van der Waals surface area contributed by atoms with E-state index in [0.717, 1.165) is 0 Å². The molecular weight excluding hydrogens is 245 g/mol. The van der Waals surface area contributed by atoms with Crippen molar-refractivity contribution in [1.29, 1.82) is 0 Å². The van der Waals surface area contributed by atoms with Crippen LogP contribution in [0.5, 0.6) is 0 Å². The van der Waals surface area contributed by atoms with E-state index in [1.54, 1.807) is 11.8 Å². The summed E-state index contributed by atoms with van der Waals surface area (Å²) in [7, 11) is 0. The van der Waals surface area contributed by atoms with Gasteiger partial charge in [-0.2, -0.15) is 0 Å². The van der Waals surface area contributed by atoms with E-state index in [1.165, 1.54) is 0 Å². The Morgan fingerprint density at radius 3 is 2.39 bits per heavy atom. The van der Waals surface area contributed by atoms with Gasteiger partial charge in [0.1, 0.15) is 0 Å². The fraction of sp³-hybridized carbons (Fsp3) is 0.750. The van der Waals surface area contributed by atoms with E-state index in [1.807, 2.05) is 20.8 Å². The van der Waals surface area contributed by atoms with Crippen molar-refractivity contribution in [3.05, 3.63) is 0 Å². The zero-order chi connectivity index (χ0) is 13.2. The Hall–Kier alpha value is -0.390. The van der Waals surface area contributed by atoms with Gasteiger partial charge in [0.2, 0.25) is 5.91 Å². The van der Waals surface area contributed by atoms with Crippen LogP contribution in [0.3, 0.4) is 0 Å². The first-order valence-corrected chi connectivity index (χ1v) is 5.80. The Bertz CT molecular complexity index is 348. The average molecular weight is 265 g/mol. The second kappa shape index (κ2) is 6.68. The summed E-state index contributed by atoms with van der Waals surface area (Å²) in [5.74, 6) is -2.76. The summed E-state index contributed by atoms with van der Waals surface area (Å²) in [5, 5.41) is 0. The predicted molar refractivity (Wildman–Crippen MR) is 68.4 cm³/mol. The summed E-state index contributed by atoms with van der Waals surface area (Å²) >= 11 is 0. The quantitative estimate of drug-likeness (QED) is 0.404. The van der Waals surface area contributed by atoms with Gasteiger partial charge in [0.05, 0.1) is 6.61 Å². The molecular formula is C12H20NNaO4. The summed E-state index contributed by atoms with van der Waals surface area (Å²) in [6.45, 7) is 7.83. The number of esters is 1. The van der Waals surface area contributed by atoms with Gasteiger partial charge in [0.25, 0.3) is 0 Å². The Kier molecular flexibility index (Phi) is 6.54. The first kappa shape index (κ1) is 17.6. The Morgan fingerprint density at radius 2 is 1.94 bits per heavy atom. The van der Waals surface area contributed by atoms with Crippen molar-refractivity contribution in [1.82, 2.24) is 4.90 Å². The second-order valence-corrected chi connectivity index (χ2v) is 5.06. The average Bonchev–Trinajstić information content (AvgIpc) is 2.15. The van der Waals surface area contributed by atoms with Crippen LogP contribution in [-0.4, -0.2) is 70.8 Å². The molecule has 1 amide bonds. The number of ketones is 1. The van der Waals surface area contributed by atoms with Crippen molar-refractivity contribution >= 4 is 47.2 Å². The third kappa shape index (κ3) is 3.80. The third-order valence-corrected chi connectivity index (χ3v) is 2.75. The maximum atomic E-state index is 12.1. The van der Waals surface area contributed by atoms with E-state index in [9.17, 15) is 14.4 Å². The van der Waals surface area contributed by atoms with E-state index in [2.05, 4.69) is 0 Å². The Morgan fingerprint density at radius 1 is 1.39 bits per heavy atom. The summed E-state index contributed by atoms with van der Waals surface area (Å²) in [6.07, 6.45) is 0.215. The standard InChI is InChI=1S/C12H19NO4.Na.H/c1-5-17-11(16)9-8(14)6-7-13(10(9)15)12(2,3)4;;/h9H,5-7H2,1-4H3;;. The van der Waals surface area contributed by atoms with Gasteiger partial charge in [-0.25, -0.2) is 0 Å². The van der Waals surface area contributed by atoms with Crippen LogP contribution in [0.1, 0.15) is 34.1 Å². The number of hydrogen-bond donors (Lipinski definition) is 0. The van der Waals surface area contributed by atoms with Gasteiger partial charge in [-0.15, -0.1) is 0 Å². The second-order valence-electron chi connectivity index (χ2n) is 5.06. The van der Waals surface area contributed by atoms with E-state index < -0.39 is 17.8 Å². The van der Waals surface area contributed by atoms with Gasteiger partial charge in [-0.3, -0.25) is 14.4 Å². The molecule has 1 rings (SSSR count). The Balaban J connectivity index is 0.00000289. The fourth-order valence-electron chi connectivity index (χ4n) is 1.89. The van der Waals surface area contributed by atoms with Gasteiger partial charge in [-0.05, 0) is 27.7 Å². The van der Waals surface area contributed by atoms with Gasteiger partial charge < -0.3 is 9.64 Å². The molecule has 6 heteroatoms. The van der Waals surface area contributed by atoms with Crippen molar-refractivity contribution in [2.45, 2.75) is 39.7 Å². The molecule has 1 unspecified atom stereocenters. The molecule has 0 spiro atoms. The molecule has 1 fully saturated rings. The fourth-order valence-corrected chi connectivity index (χ4v) is 1.89. The number of rotatable bonds is 2. The van der Waals surface area contributed by atoms with Crippen LogP contribution in [0, 0.1) is 5.92 Å². The molecule has 1 heterocycles. The van der Waals surface area contributed by atoms with Crippen LogP contribution < -0.4 is 0 Å². The zero-order valence-corrected chi connectivity index (χ0v) is 10.8. The molecule has 0 aromatic rings. The van der Waals surface area contributed by atoms with Gasteiger partial charge >= 0.3 is 35.5 Å². The summed E-state index contributed by atoms with van der Waals surface area (Å²) < 4.78 is 4.78. The molecule has 0 aromatic heterocycles. The number of likely N-dealkylation sites (tertiary alicyclic amines) is 1.